The van der Waals surface area contributed by atoms with E-state index in [0.29, 0.717) is 17.1 Å². The van der Waals surface area contributed by atoms with Crippen LogP contribution in [0.1, 0.15) is 5.56 Å². The molecule has 4 heteroatoms. The minimum Gasteiger partial charge on any atom is -0.471 e. The first-order valence-corrected chi connectivity index (χ1v) is 4.84. The molecule has 82 valence electrons. The second kappa shape index (κ2) is 4.61. The van der Waals surface area contributed by atoms with Crippen LogP contribution in [0.25, 0.3) is 0 Å². The van der Waals surface area contributed by atoms with Gasteiger partial charge in [0, 0.05) is 11.8 Å². The predicted octanol–water partition coefficient (Wildman–Crippen LogP) is 2.38. The molecule has 0 aliphatic carbocycles. The molecule has 1 heterocycles. The van der Waals surface area contributed by atoms with E-state index >= 15 is 0 Å². The summed E-state index contributed by atoms with van der Waals surface area (Å²) in [5.41, 5.74) is 6.56. The van der Waals surface area contributed by atoms with Gasteiger partial charge in [-0.25, -0.2) is 9.37 Å². The van der Waals surface area contributed by atoms with E-state index in [1.165, 1.54) is 6.07 Å². The third-order valence-corrected chi connectivity index (χ3v) is 2.12. The average molecular weight is 218 g/mol. The Balaban J connectivity index is 2.09. The number of halogens is 1. The average Bonchev–Trinajstić information content (AvgIpc) is 2.30. The van der Waals surface area contributed by atoms with Gasteiger partial charge in [-0.2, -0.15) is 0 Å². The molecule has 0 radical (unpaired) electrons. The summed E-state index contributed by atoms with van der Waals surface area (Å²) < 4.78 is 18.6. The molecule has 0 bridgehead atoms. The first kappa shape index (κ1) is 10.4. The van der Waals surface area contributed by atoms with E-state index in [2.05, 4.69) is 4.98 Å². The number of hydrogen-bond acceptors (Lipinski definition) is 3. The van der Waals surface area contributed by atoms with Gasteiger partial charge in [-0.1, -0.05) is 18.2 Å². The quantitative estimate of drug-likeness (QED) is 0.860. The molecule has 2 aromatic rings. The summed E-state index contributed by atoms with van der Waals surface area (Å²) in [4.78, 5) is 3.95. The lowest BCUT2D eigenvalue weighted by Gasteiger charge is -2.07. The van der Waals surface area contributed by atoms with E-state index < -0.39 is 0 Å². The van der Waals surface area contributed by atoms with Crippen LogP contribution in [0, 0.1) is 5.82 Å². The van der Waals surface area contributed by atoms with E-state index in [1.54, 1.807) is 36.5 Å². The lowest BCUT2D eigenvalue weighted by atomic mass is 10.2. The van der Waals surface area contributed by atoms with Crippen molar-refractivity contribution in [2.24, 2.45) is 0 Å². The van der Waals surface area contributed by atoms with Crippen LogP contribution in [0.15, 0.2) is 42.6 Å². The van der Waals surface area contributed by atoms with E-state index in [-0.39, 0.29) is 12.4 Å². The van der Waals surface area contributed by atoms with Gasteiger partial charge in [0.1, 0.15) is 12.4 Å². The number of pyridine rings is 1. The van der Waals surface area contributed by atoms with E-state index in [1.807, 2.05) is 0 Å². The molecule has 0 saturated carbocycles. The summed E-state index contributed by atoms with van der Waals surface area (Å²) in [6, 6.07) is 9.83. The van der Waals surface area contributed by atoms with Gasteiger partial charge in [0.15, 0.2) is 0 Å². The molecule has 0 aliphatic rings. The molecule has 0 aliphatic heterocycles. The van der Waals surface area contributed by atoms with Crippen molar-refractivity contribution >= 4 is 5.69 Å². The second-order valence-corrected chi connectivity index (χ2v) is 3.28. The molecule has 3 nitrogen and oxygen atoms in total. The lowest BCUT2D eigenvalue weighted by Crippen LogP contribution is -2.02. The van der Waals surface area contributed by atoms with Gasteiger partial charge < -0.3 is 10.5 Å². The van der Waals surface area contributed by atoms with Crippen molar-refractivity contribution in [3.8, 4) is 5.88 Å². The molecular formula is C12H11FN2O. The highest BCUT2D eigenvalue weighted by Crippen LogP contribution is 2.18. The molecule has 2 N–H and O–H groups in total. The van der Waals surface area contributed by atoms with Crippen LogP contribution < -0.4 is 10.5 Å². The van der Waals surface area contributed by atoms with Crippen molar-refractivity contribution in [1.29, 1.82) is 0 Å². The molecule has 0 fully saturated rings. The number of aromatic nitrogens is 1. The maximum atomic E-state index is 13.3. The molecule has 2 rings (SSSR count). The molecule has 0 atom stereocenters. The van der Waals surface area contributed by atoms with Crippen LogP contribution in [0.3, 0.4) is 0 Å². The third-order valence-electron chi connectivity index (χ3n) is 2.12. The highest BCUT2D eigenvalue weighted by Gasteiger charge is 2.04. The molecule has 0 amide bonds. The summed E-state index contributed by atoms with van der Waals surface area (Å²) >= 11 is 0. The highest BCUT2D eigenvalue weighted by atomic mass is 19.1. The summed E-state index contributed by atoms with van der Waals surface area (Å²) in [6.07, 6.45) is 1.58. The SMILES string of the molecule is Nc1cccnc1OCc1ccccc1F. The zero-order chi connectivity index (χ0) is 11.4. The predicted molar refractivity (Wildman–Crippen MR) is 59.4 cm³/mol. The van der Waals surface area contributed by atoms with Crippen LogP contribution in [0.2, 0.25) is 0 Å². The summed E-state index contributed by atoms with van der Waals surface area (Å²) in [5.74, 6) is 0.0303. The Bertz CT molecular complexity index is 442. The van der Waals surface area contributed by atoms with Gasteiger partial charge in [-0.3, -0.25) is 0 Å². The largest absolute Gasteiger partial charge is 0.471 e. The maximum Gasteiger partial charge on any atom is 0.237 e. The topological polar surface area (TPSA) is 48.1 Å². The third kappa shape index (κ3) is 2.28. The Kier molecular flexibility index (Phi) is 3.00. The van der Waals surface area contributed by atoms with Crippen molar-refractivity contribution in [1.82, 2.24) is 4.98 Å². The Morgan fingerprint density at radius 2 is 2.00 bits per heavy atom. The minimum absolute atomic E-state index is 0.119. The smallest absolute Gasteiger partial charge is 0.237 e. The lowest BCUT2D eigenvalue weighted by molar-refractivity contribution is 0.290. The van der Waals surface area contributed by atoms with E-state index in [4.69, 9.17) is 10.5 Å². The standard InChI is InChI=1S/C12H11FN2O/c13-10-5-2-1-4-9(10)8-16-12-11(14)6-3-7-15-12/h1-7H,8,14H2. The van der Waals surface area contributed by atoms with Crippen molar-refractivity contribution in [3.63, 3.8) is 0 Å². The monoisotopic (exact) mass is 218 g/mol. The van der Waals surface area contributed by atoms with Crippen LogP contribution in [0.5, 0.6) is 5.88 Å². The minimum atomic E-state index is -0.294. The molecule has 0 saturated heterocycles. The van der Waals surface area contributed by atoms with Gasteiger partial charge in [0.05, 0.1) is 5.69 Å². The number of hydrogen-bond donors (Lipinski definition) is 1. The number of ether oxygens (including phenoxy) is 1. The fourth-order valence-corrected chi connectivity index (χ4v) is 1.29. The Morgan fingerprint density at radius 3 is 2.75 bits per heavy atom. The van der Waals surface area contributed by atoms with Crippen LogP contribution in [-0.4, -0.2) is 4.98 Å². The number of rotatable bonds is 3. The molecule has 16 heavy (non-hydrogen) atoms. The summed E-state index contributed by atoms with van der Waals surface area (Å²) in [5, 5.41) is 0. The Labute approximate surface area is 92.7 Å². The number of benzene rings is 1. The zero-order valence-corrected chi connectivity index (χ0v) is 8.56. The number of nitrogen functional groups attached to an aromatic ring is 1. The number of anilines is 1. The molecule has 1 aromatic heterocycles. The Morgan fingerprint density at radius 1 is 1.19 bits per heavy atom. The van der Waals surface area contributed by atoms with Gasteiger partial charge in [-0.15, -0.1) is 0 Å². The first-order valence-electron chi connectivity index (χ1n) is 4.84. The Hall–Kier alpha value is -2.10. The fourth-order valence-electron chi connectivity index (χ4n) is 1.29. The van der Waals surface area contributed by atoms with Crippen LogP contribution in [-0.2, 0) is 6.61 Å². The van der Waals surface area contributed by atoms with Crippen LogP contribution >= 0.6 is 0 Å². The van der Waals surface area contributed by atoms with Crippen molar-refractivity contribution in [2.45, 2.75) is 6.61 Å². The molecular weight excluding hydrogens is 207 g/mol. The summed E-state index contributed by atoms with van der Waals surface area (Å²) in [6.45, 7) is 0.119. The zero-order valence-electron chi connectivity index (χ0n) is 8.56. The second-order valence-electron chi connectivity index (χ2n) is 3.28. The normalized spacial score (nSPS) is 10.1. The van der Waals surface area contributed by atoms with Crippen molar-refractivity contribution in [2.75, 3.05) is 5.73 Å². The van der Waals surface area contributed by atoms with Crippen LogP contribution in [0.4, 0.5) is 10.1 Å². The molecule has 0 unspecified atom stereocenters. The van der Waals surface area contributed by atoms with Gasteiger partial charge in [-0.05, 0) is 18.2 Å². The van der Waals surface area contributed by atoms with Gasteiger partial charge in [0.25, 0.3) is 0 Å². The first-order chi connectivity index (χ1) is 7.77. The van der Waals surface area contributed by atoms with Crippen molar-refractivity contribution in [3.05, 3.63) is 54.0 Å². The van der Waals surface area contributed by atoms with Gasteiger partial charge in [0.2, 0.25) is 5.88 Å². The van der Waals surface area contributed by atoms with E-state index in [0.717, 1.165) is 0 Å². The number of nitrogens with two attached hydrogens (primary N) is 1. The molecule has 0 spiro atoms. The number of nitrogens with zero attached hydrogens (tertiary/aromatic N) is 1. The summed E-state index contributed by atoms with van der Waals surface area (Å²) in [7, 11) is 0. The highest BCUT2D eigenvalue weighted by molar-refractivity contribution is 5.46. The maximum absolute atomic E-state index is 13.3. The van der Waals surface area contributed by atoms with Gasteiger partial charge >= 0.3 is 0 Å². The fraction of sp³-hybridized carbons (Fsp3) is 0.0833. The van der Waals surface area contributed by atoms with Crippen molar-refractivity contribution < 1.29 is 9.13 Å². The van der Waals surface area contributed by atoms with E-state index in [9.17, 15) is 4.39 Å². The molecule has 1 aromatic carbocycles.